The number of rotatable bonds is 23. The lowest BCUT2D eigenvalue weighted by atomic mass is 9.93. The zero-order valence-corrected chi connectivity index (χ0v) is 36.0. The van der Waals surface area contributed by atoms with E-state index in [4.69, 9.17) is 28.4 Å². The lowest BCUT2D eigenvalue weighted by Gasteiger charge is -2.18. The topological polar surface area (TPSA) is 89.5 Å². The zero-order valence-electron chi connectivity index (χ0n) is 36.0. The van der Waals surface area contributed by atoms with Crippen molar-refractivity contribution in [2.75, 3.05) is 26.4 Å². The van der Waals surface area contributed by atoms with Crippen molar-refractivity contribution in [2.45, 2.75) is 117 Å². The minimum absolute atomic E-state index is 0.00111. The van der Waals surface area contributed by atoms with Gasteiger partial charge in [0.05, 0.1) is 36.5 Å². The number of esters is 2. The Labute approximate surface area is 359 Å². The number of benzene rings is 4. The van der Waals surface area contributed by atoms with Gasteiger partial charge in [-0.3, -0.25) is 0 Å². The largest absolute Gasteiger partial charge is 0.494 e. The van der Waals surface area contributed by atoms with E-state index in [0.29, 0.717) is 37.6 Å². The smallest absolute Gasteiger partial charge is 0.416 e. The van der Waals surface area contributed by atoms with E-state index in [1.165, 1.54) is 24.3 Å². The Morgan fingerprint density at radius 2 is 0.887 bits per heavy atom. The second-order valence-corrected chi connectivity index (χ2v) is 15.2. The number of carbonyl (C=O) groups excluding carboxylic acids is 2. The molecule has 0 saturated heterocycles. The van der Waals surface area contributed by atoms with Gasteiger partial charge in [-0.15, -0.1) is 0 Å². The molecule has 0 N–H and O–H groups in total. The van der Waals surface area contributed by atoms with Crippen LogP contribution in [-0.2, 0) is 66.6 Å². The second-order valence-electron chi connectivity index (χ2n) is 15.2. The molecule has 0 heterocycles. The van der Waals surface area contributed by atoms with Gasteiger partial charge in [0.25, 0.3) is 0 Å². The molecule has 338 valence electrons. The van der Waals surface area contributed by atoms with Crippen molar-refractivity contribution in [1.82, 2.24) is 0 Å². The lowest BCUT2D eigenvalue weighted by Crippen LogP contribution is -2.30. The normalized spacial score (nSPS) is 12.9. The van der Waals surface area contributed by atoms with E-state index in [9.17, 15) is 35.9 Å². The standard InChI is InChI=1S/C48H56F6O8/c1-7-57-43(45(55)61-31(3)4)27-33-13-21-39(22-14-33)59-25-9-11-35-17-19-37(29-41(35)47(49,50)51)38-20-18-36(42(30-38)48(52,53)54)12-10-26-60-40-23-15-34(16-24-40)28-44(58-8-2)46(56)62-32(5)6/h13-24,29-32,43-44H,7-12,25-28H2,1-6H3/t43-,44-/m0/s1. The summed E-state index contributed by atoms with van der Waals surface area (Å²) in [7, 11) is 0. The lowest BCUT2D eigenvalue weighted by molar-refractivity contribution is -0.161. The monoisotopic (exact) mass is 874 g/mol. The van der Waals surface area contributed by atoms with E-state index in [2.05, 4.69) is 0 Å². The Morgan fingerprint density at radius 1 is 0.532 bits per heavy atom. The highest BCUT2D eigenvalue weighted by Crippen LogP contribution is 2.39. The molecule has 4 aromatic rings. The Bertz CT molecular complexity index is 1870. The predicted molar refractivity (Wildman–Crippen MR) is 223 cm³/mol. The van der Waals surface area contributed by atoms with Crippen molar-refractivity contribution < 1.29 is 64.4 Å². The van der Waals surface area contributed by atoms with Crippen molar-refractivity contribution in [2.24, 2.45) is 0 Å². The van der Waals surface area contributed by atoms with Gasteiger partial charge in [0.1, 0.15) is 11.5 Å². The number of halogens is 6. The maximum Gasteiger partial charge on any atom is 0.416 e. The fraction of sp³-hybridized carbons (Fsp3) is 0.458. The minimum atomic E-state index is -4.75. The molecule has 0 aliphatic rings. The van der Waals surface area contributed by atoms with Crippen LogP contribution in [0.25, 0.3) is 11.1 Å². The highest BCUT2D eigenvalue weighted by atomic mass is 19.4. The van der Waals surface area contributed by atoms with Crippen LogP contribution in [0.3, 0.4) is 0 Å². The first-order valence-electron chi connectivity index (χ1n) is 20.9. The Balaban J connectivity index is 1.34. The van der Waals surface area contributed by atoms with Gasteiger partial charge >= 0.3 is 24.3 Å². The van der Waals surface area contributed by atoms with Crippen LogP contribution in [0.5, 0.6) is 11.5 Å². The van der Waals surface area contributed by atoms with Crippen LogP contribution in [0, 0.1) is 0 Å². The van der Waals surface area contributed by atoms with Gasteiger partial charge < -0.3 is 28.4 Å². The van der Waals surface area contributed by atoms with Crippen molar-refractivity contribution >= 4 is 11.9 Å². The molecule has 62 heavy (non-hydrogen) atoms. The SMILES string of the molecule is CCO[C@@H](Cc1ccc(OCCCc2ccc(-c3ccc(CCCOc4ccc(C[C@H](OCC)C(=O)OC(C)C)cc4)c(C(F)(F)F)c3)cc2C(F)(F)F)cc1)C(=O)OC(C)C. The molecule has 0 aliphatic heterocycles. The van der Waals surface area contributed by atoms with Gasteiger partial charge in [0.15, 0.2) is 12.2 Å². The van der Waals surface area contributed by atoms with E-state index >= 15 is 0 Å². The van der Waals surface area contributed by atoms with Gasteiger partial charge in [0, 0.05) is 26.1 Å². The molecule has 4 rings (SSSR count). The molecule has 2 atom stereocenters. The quantitative estimate of drug-likeness (QED) is 0.0414. The second kappa shape index (κ2) is 23.4. The fourth-order valence-corrected chi connectivity index (χ4v) is 6.69. The van der Waals surface area contributed by atoms with Crippen molar-refractivity contribution in [3.05, 3.63) is 118 Å². The summed E-state index contributed by atoms with van der Waals surface area (Å²) in [6, 6.07) is 21.1. The summed E-state index contributed by atoms with van der Waals surface area (Å²) < 4.78 is 119. The Kier molecular flexibility index (Phi) is 18.7. The van der Waals surface area contributed by atoms with Gasteiger partial charge in [-0.1, -0.05) is 48.5 Å². The molecule has 8 nitrogen and oxygen atoms in total. The van der Waals surface area contributed by atoms with E-state index in [-0.39, 0.29) is 73.4 Å². The Morgan fingerprint density at radius 3 is 1.19 bits per heavy atom. The number of carbonyl (C=O) groups is 2. The van der Waals surface area contributed by atoms with Crippen LogP contribution in [0.1, 0.15) is 87.8 Å². The molecule has 0 radical (unpaired) electrons. The zero-order chi connectivity index (χ0) is 45.5. The van der Waals surface area contributed by atoms with Gasteiger partial charge in [-0.05, 0) is 137 Å². The van der Waals surface area contributed by atoms with E-state index in [1.54, 1.807) is 90.1 Å². The number of ether oxygens (including phenoxy) is 6. The van der Waals surface area contributed by atoms with Crippen LogP contribution in [-0.4, -0.2) is 62.8 Å². The molecule has 4 aromatic carbocycles. The molecule has 0 saturated carbocycles. The molecule has 0 unspecified atom stereocenters. The first-order valence-corrected chi connectivity index (χ1v) is 20.9. The number of hydrogen-bond donors (Lipinski definition) is 0. The summed E-state index contributed by atoms with van der Waals surface area (Å²) in [5.74, 6) is 0.0839. The average Bonchev–Trinajstić information content (AvgIpc) is 3.20. The summed E-state index contributed by atoms with van der Waals surface area (Å²) in [5, 5.41) is 0. The fourth-order valence-electron chi connectivity index (χ4n) is 6.69. The molecule has 0 spiro atoms. The highest BCUT2D eigenvalue weighted by molar-refractivity contribution is 5.76. The first-order chi connectivity index (χ1) is 29.4. The first kappa shape index (κ1) is 49.6. The summed E-state index contributed by atoms with van der Waals surface area (Å²) in [4.78, 5) is 24.8. The molecule has 0 bridgehead atoms. The van der Waals surface area contributed by atoms with Crippen LogP contribution in [0.2, 0.25) is 0 Å². The van der Waals surface area contributed by atoms with Gasteiger partial charge in [-0.25, -0.2) is 9.59 Å². The molecule has 14 heteroatoms. The summed E-state index contributed by atoms with van der Waals surface area (Å²) in [6.07, 6.45) is -10.5. The van der Waals surface area contributed by atoms with E-state index in [1.807, 2.05) is 0 Å². The summed E-state index contributed by atoms with van der Waals surface area (Å²) in [5.41, 5.74) is -0.216. The predicted octanol–water partition coefficient (Wildman–Crippen LogP) is 11.2. The molecular formula is C48H56F6O8. The Hall–Kier alpha value is -5.08. The maximum absolute atomic E-state index is 14.3. The third-order valence-electron chi connectivity index (χ3n) is 9.54. The van der Waals surface area contributed by atoms with E-state index < -0.39 is 47.6 Å². The third-order valence-corrected chi connectivity index (χ3v) is 9.54. The summed E-state index contributed by atoms with van der Waals surface area (Å²) >= 11 is 0. The van der Waals surface area contributed by atoms with Gasteiger partial charge in [0.2, 0.25) is 0 Å². The molecule has 0 aliphatic carbocycles. The molecule has 0 aromatic heterocycles. The number of alkyl halides is 6. The maximum atomic E-state index is 14.3. The molecule has 0 fully saturated rings. The van der Waals surface area contributed by atoms with Crippen LogP contribution < -0.4 is 9.47 Å². The van der Waals surface area contributed by atoms with Crippen molar-refractivity contribution in [3.63, 3.8) is 0 Å². The van der Waals surface area contributed by atoms with Crippen molar-refractivity contribution in [1.29, 1.82) is 0 Å². The minimum Gasteiger partial charge on any atom is -0.494 e. The van der Waals surface area contributed by atoms with Crippen LogP contribution in [0.4, 0.5) is 26.3 Å². The number of hydrogen-bond acceptors (Lipinski definition) is 8. The molecule has 0 amide bonds. The van der Waals surface area contributed by atoms with E-state index in [0.717, 1.165) is 23.3 Å². The van der Waals surface area contributed by atoms with Crippen molar-refractivity contribution in [3.8, 4) is 22.6 Å². The van der Waals surface area contributed by atoms with Crippen LogP contribution in [0.15, 0.2) is 84.9 Å². The van der Waals surface area contributed by atoms with Crippen LogP contribution >= 0.6 is 0 Å². The third kappa shape index (κ3) is 15.7. The highest BCUT2D eigenvalue weighted by Gasteiger charge is 2.35. The number of aryl methyl sites for hydroxylation is 2. The summed E-state index contributed by atoms with van der Waals surface area (Å²) in [6.45, 7) is 11.5. The van der Waals surface area contributed by atoms with Gasteiger partial charge in [-0.2, -0.15) is 26.3 Å². The molecular weight excluding hydrogens is 819 g/mol. The average molecular weight is 875 g/mol.